The summed E-state index contributed by atoms with van der Waals surface area (Å²) in [6.07, 6.45) is 2.03. The molecule has 0 spiro atoms. The van der Waals surface area contributed by atoms with E-state index < -0.39 is 5.97 Å². The molecule has 1 fully saturated rings. The average Bonchev–Trinajstić information content (AvgIpc) is 2.66. The van der Waals surface area contributed by atoms with Gasteiger partial charge in [-0.1, -0.05) is 49.4 Å². The lowest BCUT2D eigenvalue weighted by Crippen LogP contribution is -2.53. The first-order chi connectivity index (χ1) is 13.1. The third-order valence-electron chi connectivity index (χ3n) is 5.34. The standard InChI is InChI=1S/C22H28N2O3/c1-3-24(15-22(25)26)19-12-18(13-19)23-14-16-8-10-17(11-9-16)20-6-4-5-7-21(20)27-2/h4-11,18-19,23H,3,12-15H2,1-2H3,(H,25,26). The second-order valence-corrected chi connectivity index (χ2v) is 7.06. The Morgan fingerprint density at radius 3 is 2.52 bits per heavy atom. The first kappa shape index (κ1) is 19.4. The number of carboxylic acid groups (broad SMARTS) is 1. The minimum Gasteiger partial charge on any atom is -0.496 e. The molecule has 0 unspecified atom stereocenters. The number of nitrogens with zero attached hydrogens (tertiary/aromatic N) is 1. The summed E-state index contributed by atoms with van der Waals surface area (Å²) in [6, 6.07) is 17.4. The van der Waals surface area contributed by atoms with Gasteiger partial charge in [0.1, 0.15) is 5.75 Å². The van der Waals surface area contributed by atoms with Crippen LogP contribution < -0.4 is 10.1 Å². The molecule has 0 saturated heterocycles. The van der Waals surface area contributed by atoms with Crippen LogP contribution in [-0.4, -0.2) is 48.3 Å². The molecule has 0 amide bonds. The highest BCUT2D eigenvalue weighted by atomic mass is 16.5. The number of carboxylic acids is 1. The predicted molar refractivity (Wildman–Crippen MR) is 107 cm³/mol. The Labute approximate surface area is 161 Å². The number of likely N-dealkylation sites (N-methyl/N-ethyl adjacent to an activating group) is 1. The Hall–Kier alpha value is -2.37. The van der Waals surface area contributed by atoms with E-state index in [1.165, 1.54) is 5.56 Å². The second-order valence-electron chi connectivity index (χ2n) is 7.06. The quantitative estimate of drug-likeness (QED) is 0.710. The molecule has 2 aromatic rings. The summed E-state index contributed by atoms with van der Waals surface area (Å²) < 4.78 is 5.44. The molecule has 0 aliphatic heterocycles. The van der Waals surface area contributed by atoms with Crippen molar-refractivity contribution in [3.05, 3.63) is 54.1 Å². The lowest BCUT2D eigenvalue weighted by molar-refractivity contribution is -0.139. The zero-order chi connectivity index (χ0) is 19.2. The van der Waals surface area contributed by atoms with Gasteiger partial charge >= 0.3 is 5.97 Å². The Morgan fingerprint density at radius 1 is 1.19 bits per heavy atom. The van der Waals surface area contributed by atoms with Gasteiger partial charge in [-0.15, -0.1) is 0 Å². The molecular formula is C22H28N2O3. The van der Waals surface area contributed by atoms with Gasteiger partial charge in [0.15, 0.2) is 0 Å². The van der Waals surface area contributed by atoms with E-state index in [9.17, 15) is 4.79 Å². The van der Waals surface area contributed by atoms with E-state index in [-0.39, 0.29) is 6.54 Å². The topological polar surface area (TPSA) is 61.8 Å². The van der Waals surface area contributed by atoms with Crippen LogP contribution in [0.2, 0.25) is 0 Å². The smallest absolute Gasteiger partial charge is 0.317 e. The van der Waals surface area contributed by atoms with E-state index in [1.54, 1.807) is 7.11 Å². The van der Waals surface area contributed by atoms with Crippen molar-refractivity contribution >= 4 is 5.97 Å². The van der Waals surface area contributed by atoms with Crippen molar-refractivity contribution in [2.75, 3.05) is 20.2 Å². The second kappa shape index (κ2) is 9.02. The third kappa shape index (κ3) is 4.87. The first-order valence-electron chi connectivity index (χ1n) is 9.52. The Balaban J connectivity index is 1.50. The normalized spacial score (nSPS) is 18.9. The van der Waals surface area contributed by atoms with Crippen molar-refractivity contribution in [3.63, 3.8) is 0 Å². The fraction of sp³-hybridized carbons (Fsp3) is 0.409. The van der Waals surface area contributed by atoms with Crippen molar-refractivity contribution in [3.8, 4) is 16.9 Å². The Bertz CT molecular complexity index is 754. The minimum absolute atomic E-state index is 0.137. The van der Waals surface area contributed by atoms with Crippen LogP contribution in [0.15, 0.2) is 48.5 Å². The zero-order valence-corrected chi connectivity index (χ0v) is 16.0. The van der Waals surface area contributed by atoms with Crippen LogP contribution in [0.1, 0.15) is 25.3 Å². The average molecular weight is 368 g/mol. The predicted octanol–water partition coefficient (Wildman–Crippen LogP) is 3.39. The van der Waals surface area contributed by atoms with Crippen LogP contribution in [0.4, 0.5) is 0 Å². The van der Waals surface area contributed by atoms with Crippen LogP contribution in [0, 0.1) is 0 Å². The van der Waals surface area contributed by atoms with Gasteiger partial charge in [0.05, 0.1) is 13.7 Å². The fourth-order valence-electron chi connectivity index (χ4n) is 3.67. The molecule has 0 radical (unpaired) electrons. The maximum absolute atomic E-state index is 10.9. The van der Waals surface area contributed by atoms with Crippen LogP contribution in [0.3, 0.4) is 0 Å². The highest BCUT2D eigenvalue weighted by Crippen LogP contribution is 2.30. The highest BCUT2D eigenvalue weighted by Gasteiger charge is 2.33. The number of para-hydroxylation sites is 1. The van der Waals surface area contributed by atoms with E-state index in [4.69, 9.17) is 9.84 Å². The van der Waals surface area contributed by atoms with E-state index in [2.05, 4.69) is 35.6 Å². The molecule has 0 heterocycles. The molecular weight excluding hydrogens is 340 g/mol. The van der Waals surface area contributed by atoms with Gasteiger partial charge in [-0.3, -0.25) is 9.69 Å². The van der Waals surface area contributed by atoms with Crippen LogP contribution in [-0.2, 0) is 11.3 Å². The molecule has 1 saturated carbocycles. The number of methoxy groups -OCH3 is 1. The maximum Gasteiger partial charge on any atom is 0.317 e. The largest absolute Gasteiger partial charge is 0.496 e. The first-order valence-corrected chi connectivity index (χ1v) is 9.52. The minimum atomic E-state index is -0.747. The molecule has 27 heavy (non-hydrogen) atoms. The van der Waals surface area contributed by atoms with Crippen LogP contribution in [0.5, 0.6) is 5.75 Å². The summed E-state index contributed by atoms with van der Waals surface area (Å²) in [5.41, 5.74) is 3.49. The third-order valence-corrected chi connectivity index (χ3v) is 5.34. The summed E-state index contributed by atoms with van der Waals surface area (Å²) in [7, 11) is 1.69. The number of nitrogens with one attached hydrogen (secondary N) is 1. The molecule has 1 aliphatic carbocycles. The van der Waals surface area contributed by atoms with Crippen LogP contribution >= 0.6 is 0 Å². The monoisotopic (exact) mass is 368 g/mol. The molecule has 1 aliphatic rings. The molecule has 0 bridgehead atoms. The Kier molecular flexibility index (Phi) is 6.48. The molecule has 0 atom stereocenters. The SMILES string of the molecule is CCN(CC(=O)O)C1CC(NCc2ccc(-c3ccccc3OC)cc2)C1. The van der Waals surface area contributed by atoms with E-state index in [0.29, 0.717) is 12.1 Å². The maximum atomic E-state index is 10.9. The van der Waals surface area contributed by atoms with Crippen molar-refractivity contribution in [2.45, 2.75) is 38.4 Å². The molecule has 3 rings (SSSR count). The highest BCUT2D eigenvalue weighted by molar-refractivity contribution is 5.70. The molecule has 2 aromatic carbocycles. The summed E-state index contributed by atoms with van der Waals surface area (Å²) in [5.74, 6) is 0.133. The van der Waals surface area contributed by atoms with Crippen molar-refractivity contribution in [1.82, 2.24) is 10.2 Å². The van der Waals surface area contributed by atoms with Gasteiger partial charge in [0, 0.05) is 24.2 Å². The van der Waals surface area contributed by atoms with Crippen molar-refractivity contribution < 1.29 is 14.6 Å². The number of hydrogen-bond acceptors (Lipinski definition) is 4. The van der Waals surface area contributed by atoms with Gasteiger partial charge in [-0.25, -0.2) is 0 Å². The van der Waals surface area contributed by atoms with Gasteiger partial charge < -0.3 is 15.2 Å². The summed E-state index contributed by atoms with van der Waals surface area (Å²) in [5, 5.41) is 12.6. The molecule has 5 heteroatoms. The molecule has 144 valence electrons. The van der Waals surface area contributed by atoms with Gasteiger partial charge in [-0.2, -0.15) is 0 Å². The lowest BCUT2D eigenvalue weighted by atomic mass is 9.85. The van der Waals surface area contributed by atoms with Gasteiger partial charge in [0.25, 0.3) is 0 Å². The lowest BCUT2D eigenvalue weighted by Gasteiger charge is -2.42. The summed E-state index contributed by atoms with van der Waals surface area (Å²) in [6.45, 7) is 3.77. The van der Waals surface area contributed by atoms with Gasteiger partial charge in [0.2, 0.25) is 0 Å². The Morgan fingerprint density at radius 2 is 1.89 bits per heavy atom. The zero-order valence-electron chi connectivity index (χ0n) is 16.0. The number of rotatable bonds is 9. The molecule has 5 nitrogen and oxygen atoms in total. The van der Waals surface area contributed by atoms with Crippen molar-refractivity contribution in [1.29, 1.82) is 0 Å². The number of hydrogen-bond donors (Lipinski definition) is 2. The van der Waals surface area contributed by atoms with Crippen molar-refractivity contribution in [2.24, 2.45) is 0 Å². The summed E-state index contributed by atoms with van der Waals surface area (Å²) >= 11 is 0. The van der Waals surface area contributed by atoms with E-state index in [1.807, 2.05) is 30.0 Å². The molecule has 0 aromatic heterocycles. The fourth-order valence-corrected chi connectivity index (χ4v) is 3.67. The molecule has 2 N–H and O–H groups in total. The number of ether oxygens (including phenoxy) is 1. The number of aliphatic carboxylic acids is 1. The number of carbonyl (C=O) groups is 1. The van der Waals surface area contributed by atoms with Crippen LogP contribution in [0.25, 0.3) is 11.1 Å². The number of benzene rings is 2. The van der Waals surface area contributed by atoms with E-state index in [0.717, 1.165) is 42.8 Å². The summed E-state index contributed by atoms with van der Waals surface area (Å²) in [4.78, 5) is 13.0. The van der Waals surface area contributed by atoms with Gasteiger partial charge in [-0.05, 0) is 36.6 Å². The van der Waals surface area contributed by atoms with E-state index >= 15 is 0 Å².